The van der Waals surface area contributed by atoms with Gasteiger partial charge in [-0.1, -0.05) is 60.7 Å². The van der Waals surface area contributed by atoms with Crippen LogP contribution in [0.1, 0.15) is 21.5 Å². The van der Waals surface area contributed by atoms with E-state index in [1.807, 2.05) is 60.7 Å². The Bertz CT molecular complexity index is 1020. The zero-order chi connectivity index (χ0) is 18.6. The predicted molar refractivity (Wildman–Crippen MR) is 106 cm³/mol. The van der Waals surface area contributed by atoms with E-state index in [0.717, 1.165) is 16.8 Å². The van der Waals surface area contributed by atoms with E-state index in [9.17, 15) is 9.59 Å². The third-order valence-electron chi connectivity index (χ3n) is 4.37. The normalized spacial score (nSPS) is 13.9. The maximum atomic E-state index is 12.2. The van der Waals surface area contributed by atoms with Gasteiger partial charge >= 0.3 is 0 Å². The summed E-state index contributed by atoms with van der Waals surface area (Å²) >= 11 is 0. The van der Waals surface area contributed by atoms with E-state index in [2.05, 4.69) is 5.32 Å². The Morgan fingerprint density at radius 1 is 0.889 bits per heavy atom. The van der Waals surface area contributed by atoms with Crippen LogP contribution >= 0.6 is 0 Å². The number of para-hydroxylation sites is 1. The summed E-state index contributed by atoms with van der Waals surface area (Å²) in [6.45, 7) is -0.0137. The molecule has 3 aromatic rings. The van der Waals surface area contributed by atoms with Crippen LogP contribution in [0.2, 0.25) is 0 Å². The zero-order valence-electron chi connectivity index (χ0n) is 14.5. The molecule has 4 nitrogen and oxygen atoms in total. The highest BCUT2D eigenvalue weighted by Gasteiger charge is 2.23. The van der Waals surface area contributed by atoms with Crippen LogP contribution in [0.15, 0.2) is 78.9 Å². The van der Waals surface area contributed by atoms with E-state index in [0.29, 0.717) is 16.9 Å². The number of ether oxygens (including phenoxy) is 1. The number of amides is 1. The molecule has 0 aromatic heterocycles. The molecule has 0 radical (unpaired) electrons. The van der Waals surface area contributed by atoms with Gasteiger partial charge in [-0.25, -0.2) is 0 Å². The Kier molecular flexibility index (Phi) is 4.54. The number of hydrogen-bond donors (Lipinski definition) is 1. The Morgan fingerprint density at radius 2 is 1.59 bits per heavy atom. The SMILES string of the molecule is O=C1Nc2ccccc2/C1=C/c1ccc(OCC(=O)c2ccccc2)cc1. The van der Waals surface area contributed by atoms with Crippen LogP contribution in [-0.4, -0.2) is 18.3 Å². The number of hydrogen-bond acceptors (Lipinski definition) is 3. The van der Waals surface area contributed by atoms with Crippen molar-refractivity contribution < 1.29 is 14.3 Å². The van der Waals surface area contributed by atoms with Crippen LogP contribution in [-0.2, 0) is 4.79 Å². The van der Waals surface area contributed by atoms with Crippen molar-refractivity contribution in [3.63, 3.8) is 0 Å². The number of fused-ring (bicyclic) bond motifs is 1. The third-order valence-corrected chi connectivity index (χ3v) is 4.37. The lowest BCUT2D eigenvalue weighted by Crippen LogP contribution is -2.11. The van der Waals surface area contributed by atoms with Crippen LogP contribution in [0.5, 0.6) is 5.75 Å². The van der Waals surface area contributed by atoms with Crippen molar-refractivity contribution in [1.82, 2.24) is 0 Å². The highest BCUT2D eigenvalue weighted by molar-refractivity contribution is 6.34. The summed E-state index contributed by atoms with van der Waals surface area (Å²) in [4.78, 5) is 24.3. The van der Waals surface area contributed by atoms with E-state index in [4.69, 9.17) is 4.74 Å². The van der Waals surface area contributed by atoms with Crippen molar-refractivity contribution in [3.05, 3.63) is 95.6 Å². The molecule has 0 bridgehead atoms. The van der Waals surface area contributed by atoms with Gasteiger partial charge in [0.1, 0.15) is 5.75 Å². The fourth-order valence-corrected chi connectivity index (χ4v) is 2.97. The van der Waals surface area contributed by atoms with Gasteiger partial charge in [-0.3, -0.25) is 9.59 Å². The smallest absolute Gasteiger partial charge is 0.256 e. The molecule has 0 saturated heterocycles. The second-order valence-corrected chi connectivity index (χ2v) is 6.20. The van der Waals surface area contributed by atoms with E-state index in [1.54, 1.807) is 24.3 Å². The van der Waals surface area contributed by atoms with Crippen molar-refractivity contribution in [1.29, 1.82) is 0 Å². The van der Waals surface area contributed by atoms with Gasteiger partial charge in [0.2, 0.25) is 0 Å². The number of nitrogens with one attached hydrogen (secondary N) is 1. The van der Waals surface area contributed by atoms with E-state index < -0.39 is 0 Å². The summed E-state index contributed by atoms with van der Waals surface area (Å²) in [5.74, 6) is 0.434. The summed E-state index contributed by atoms with van der Waals surface area (Å²) in [5, 5.41) is 2.86. The van der Waals surface area contributed by atoms with Crippen molar-refractivity contribution >= 4 is 29.0 Å². The molecule has 1 amide bonds. The van der Waals surface area contributed by atoms with Crippen LogP contribution in [0, 0.1) is 0 Å². The van der Waals surface area contributed by atoms with Gasteiger partial charge in [-0.05, 0) is 29.8 Å². The highest BCUT2D eigenvalue weighted by atomic mass is 16.5. The van der Waals surface area contributed by atoms with E-state index >= 15 is 0 Å². The first kappa shape index (κ1) is 16.8. The average molecular weight is 355 g/mol. The van der Waals surface area contributed by atoms with Gasteiger partial charge in [0.15, 0.2) is 12.4 Å². The molecule has 0 fully saturated rings. The number of carbonyl (C=O) groups is 2. The fraction of sp³-hybridized carbons (Fsp3) is 0.0435. The molecule has 1 aliphatic heterocycles. The largest absolute Gasteiger partial charge is 0.485 e. The average Bonchev–Trinajstić information content (AvgIpc) is 3.03. The van der Waals surface area contributed by atoms with Crippen molar-refractivity contribution in [2.75, 3.05) is 11.9 Å². The standard InChI is InChI=1S/C23H17NO3/c25-22(17-6-2-1-3-7-17)15-27-18-12-10-16(11-13-18)14-20-19-8-4-5-9-21(19)24-23(20)26/h1-14H,15H2,(H,24,26)/b20-14-. The lowest BCUT2D eigenvalue weighted by molar-refractivity contribution is -0.110. The summed E-state index contributed by atoms with van der Waals surface area (Å²) in [7, 11) is 0. The Hall–Kier alpha value is -3.66. The van der Waals surface area contributed by atoms with E-state index in [-0.39, 0.29) is 18.3 Å². The monoisotopic (exact) mass is 355 g/mol. The van der Waals surface area contributed by atoms with E-state index in [1.165, 1.54) is 0 Å². The van der Waals surface area contributed by atoms with Gasteiger partial charge in [-0.15, -0.1) is 0 Å². The van der Waals surface area contributed by atoms with Crippen molar-refractivity contribution in [2.24, 2.45) is 0 Å². The number of Topliss-reactive ketones (excluding diaryl/α,β-unsaturated/α-hetero) is 1. The number of anilines is 1. The summed E-state index contributed by atoms with van der Waals surface area (Å²) in [5.41, 5.74) is 3.88. The molecule has 0 saturated carbocycles. The summed E-state index contributed by atoms with van der Waals surface area (Å²) in [6, 6.07) is 24.0. The molecule has 1 N–H and O–H groups in total. The second-order valence-electron chi connectivity index (χ2n) is 6.20. The molecular formula is C23H17NO3. The molecular weight excluding hydrogens is 338 g/mol. The van der Waals surface area contributed by atoms with Gasteiger partial charge in [0.05, 0.1) is 0 Å². The molecule has 0 atom stereocenters. The Morgan fingerprint density at radius 3 is 2.37 bits per heavy atom. The van der Waals surface area contributed by atoms with Crippen molar-refractivity contribution in [2.45, 2.75) is 0 Å². The maximum absolute atomic E-state index is 12.2. The molecule has 4 heteroatoms. The fourth-order valence-electron chi connectivity index (χ4n) is 2.97. The quantitative estimate of drug-likeness (QED) is 0.544. The van der Waals surface area contributed by atoms with Gasteiger partial charge < -0.3 is 10.1 Å². The zero-order valence-corrected chi connectivity index (χ0v) is 14.5. The Balaban J connectivity index is 1.45. The highest BCUT2D eigenvalue weighted by Crippen LogP contribution is 2.32. The van der Waals surface area contributed by atoms with Gasteiger partial charge in [-0.2, -0.15) is 0 Å². The predicted octanol–water partition coefficient (Wildman–Crippen LogP) is 4.44. The molecule has 0 spiro atoms. The molecule has 4 rings (SSSR count). The van der Waals surface area contributed by atoms with Crippen LogP contribution in [0.25, 0.3) is 11.6 Å². The van der Waals surface area contributed by atoms with Crippen LogP contribution in [0.3, 0.4) is 0 Å². The molecule has 1 heterocycles. The van der Waals surface area contributed by atoms with Crippen LogP contribution < -0.4 is 10.1 Å². The lowest BCUT2D eigenvalue weighted by atomic mass is 10.0. The first-order chi connectivity index (χ1) is 13.2. The molecule has 1 aliphatic rings. The first-order valence-corrected chi connectivity index (χ1v) is 8.64. The van der Waals surface area contributed by atoms with Gasteiger partial charge in [0, 0.05) is 22.4 Å². The molecule has 27 heavy (non-hydrogen) atoms. The maximum Gasteiger partial charge on any atom is 0.256 e. The number of benzene rings is 3. The van der Waals surface area contributed by atoms with Gasteiger partial charge in [0.25, 0.3) is 5.91 Å². The Labute approximate surface area is 157 Å². The number of rotatable bonds is 5. The molecule has 3 aromatic carbocycles. The minimum absolute atomic E-state index is 0.0137. The second kappa shape index (κ2) is 7.30. The molecule has 132 valence electrons. The minimum Gasteiger partial charge on any atom is -0.485 e. The summed E-state index contributed by atoms with van der Waals surface area (Å²) in [6.07, 6.45) is 1.85. The van der Waals surface area contributed by atoms with Crippen LogP contribution in [0.4, 0.5) is 5.69 Å². The molecule has 0 unspecified atom stereocenters. The number of ketones is 1. The topological polar surface area (TPSA) is 55.4 Å². The number of carbonyl (C=O) groups excluding carboxylic acids is 2. The van der Waals surface area contributed by atoms with Crippen molar-refractivity contribution in [3.8, 4) is 5.75 Å². The first-order valence-electron chi connectivity index (χ1n) is 8.64. The molecule has 0 aliphatic carbocycles. The minimum atomic E-state index is -0.106. The summed E-state index contributed by atoms with van der Waals surface area (Å²) < 4.78 is 5.58. The lowest BCUT2D eigenvalue weighted by Gasteiger charge is -2.06. The third kappa shape index (κ3) is 3.65.